The SMILES string of the molecule is COc1c(N2CCC(C(C)(C)N)C2)c(F)cc2c(=O)n(N)c(=O)n(C3CC3)c12. The molecule has 1 saturated carbocycles. The van der Waals surface area contributed by atoms with Crippen LogP contribution in [-0.4, -0.2) is 35.0 Å². The second-order valence-electron chi connectivity index (χ2n) is 8.45. The van der Waals surface area contributed by atoms with Gasteiger partial charge >= 0.3 is 5.69 Å². The molecule has 1 aliphatic carbocycles. The zero-order valence-corrected chi connectivity index (χ0v) is 16.4. The zero-order chi connectivity index (χ0) is 20.4. The van der Waals surface area contributed by atoms with E-state index in [9.17, 15) is 9.59 Å². The second-order valence-corrected chi connectivity index (χ2v) is 8.45. The van der Waals surface area contributed by atoms with E-state index in [0.717, 1.165) is 25.3 Å². The molecule has 2 heterocycles. The lowest BCUT2D eigenvalue weighted by Crippen LogP contribution is -2.44. The maximum absolute atomic E-state index is 15.2. The molecular weight excluding hydrogens is 365 g/mol. The molecular formula is C19H26FN5O3. The quantitative estimate of drug-likeness (QED) is 0.751. The summed E-state index contributed by atoms with van der Waals surface area (Å²) in [5.41, 5.74) is 5.10. The summed E-state index contributed by atoms with van der Waals surface area (Å²) in [6.45, 7) is 5.11. The summed E-state index contributed by atoms with van der Waals surface area (Å²) in [6, 6.07) is 1.10. The lowest BCUT2D eigenvalue weighted by molar-refractivity contribution is 0.348. The third-order valence-electron chi connectivity index (χ3n) is 5.96. The lowest BCUT2D eigenvalue weighted by Gasteiger charge is -2.28. The van der Waals surface area contributed by atoms with Crippen LogP contribution in [0.1, 0.15) is 39.2 Å². The van der Waals surface area contributed by atoms with Crippen LogP contribution in [0.5, 0.6) is 5.75 Å². The number of hydrogen-bond donors (Lipinski definition) is 2. The monoisotopic (exact) mass is 391 g/mol. The van der Waals surface area contributed by atoms with Gasteiger partial charge in [0, 0.05) is 24.7 Å². The third-order valence-corrected chi connectivity index (χ3v) is 5.96. The van der Waals surface area contributed by atoms with Crippen LogP contribution in [0.25, 0.3) is 10.9 Å². The van der Waals surface area contributed by atoms with Gasteiger partial charge in [0.1, 0.15) is 11.2 Å². The van der Waals surface area contributed by atoms with Gasteiger partial charge in [0.2, 0.25) is 0 Å². The Hall–Kier alpha value is -2.55. The number of rotatable bonds is 4. The molecule has 1 saturated heterocycles. The number of ether oxygens (including phenoxy) is 1. The van der Waals surface area contributed by atoms with E-state index in [1.807, 2.05) is 18.7 Å². The minimum Gasteiger partial charge on any atom is -0.492 e. The zero-order valence-electron chi connectivity index (χ0n) is 16.4. The average molecular weight is 391 g/mol. The number of aromatic nitrogens is 2. The van der Waals surface area contributed by atoms with E-state index in [-0.39, 0.29) is 28.8 Å². The van der Waals surface area contributed by atoms with Crippen molar-refractivity contribution in [1.82, 2.24) is 9.24 Å². The number of fused-ring (bicyclic) bond motifs is 1. The van der Waals surface area contributed by atoms with E-state index in [0.29, 0.717) is 23.3 Å². The van der Waals surface area contributed by atoms with Gasteiger partial charge in [-0.05, 0) is 45.1 Å². The molecule has 1 unspecified atom stereocenters. The van der Waals surface area contributed by atoms with Crippen LogP contribution < -0.4 is 32.5 Å². The molecule has 2 fully saturated rings. The molecule has 2 aliphatic rings. The van der Waals surface area contributed by atoms with Crippen molar-refractivity contribution < 1.29 is 9.13 Å². The maximum atomic E-state index is 15.2. The van der Waals surface area contributed by atoms with Gasteiger partial charge in [-0.25, -0.2) is 9.18 Å². The molecule has 4 rings (SSSR count). The molecule has 1 aliphatic heterocycles. The first kappa shape index (κ1) is 18.8. The molecule has 0 spiro atoms. The predicted octanol–water partition coefficient (Wildman–Crippen LogP) is 0.923. The van der Waals surface area contributed by atoms with Crippen LogP contribution in [-0.2, 0) is 0 Å². The molecule has 0 radical (unpaired) electrons. The number of methoxy groups -OCH3 is 1. The summed E-state index contributed by atoms with van der Waals surface area (Å²) in [5.74, 6) is 5.48. The van der Waals surface area contributed by atoms with Crippen molar-refractivity contribution in [3.63, 3.8) is 0 Å². The van der Waals surface area contributed by atoms with Crippen molar-refractivity contribution in [3.8, 4) is 5.75 Å². The molecule has 0 amide bonds. The van der Waals surface area contributed by atoms with Gasteiger partial charge in [-0.1, -0.05) is 0 Å². The lowest BCUT2D eigenvalue weighted by atomic mass is 9.88. The highest BCUT2D eigenvalue weighted by atomic mass is 19.1. The van der Waals surface area contributed by atoms with Crippen molar-refractivity contribution in [2.75, 3.05) is 30.9 Å². The summed E-state index contributed by atoms with van der Waals surface area (Å²) in [6.07, 6.45) is 2.43. The van der Waals surface area contributed by atoms with E-state index in [2.05, 4.69) is 0 Å². The van der Waals surface area contributed by atoms with Crippen molar-refractivity contribution in [3.05, 3.63) is 32.7 Å². The largest absolute Gasteiger partial charge is 0.492 e. The fraction of sp³-hybridized carbons (Fsp3) is 0.579. The van der Waals surface area contributed by atoms with Crippen molar-refractivity contribution >= 4 is 16.6 Å². The Morgan fingerprint density at radius 2 is 1.93 bits per heavy atom. The normalized spacial score (nSPS) is 20.2. The number of halogens is 1. The van der Waals surface area contributed by atoms with Crippen LogP contribution >= 0.6 is 0 Å². The fourth-order valence-electron chi connectivity index (χ4n) is 4.17. The van der Waals surface area contributed by atoms with Crippen LogP contribution in [0.2, 0.25) is 0 Å². The predicted molar refractivity (Wildman–Crippen MR) is 106 cm³/mol. The van der Waals surface area contributed by atoms with Gasteiger partial charge in [-0.2, -0.15) is 4.68 Å². The molecule has 1 aromatic carbocycles. The Bertz CT molecular complexity index is 1060. The highest BCUT2D eigenvalue weighted by Gasteiger charge is 2.37. The Morgan fingerprint density at radius 3 is 2.46 bits per heavy atom. The van der Waals surface area contributed by atoms with Gasteiger partial charge in [0.15, 0.2) is 11.6 Å². The summed E-state index contributed by atoms with van der Waals surface area (Å²) in [5, 5.41) is 0.0435. The number of nitrogens with zero attached hydrogens (tertiary/aromatic N) is 3. The van der Waals surface area contributed by atoms with Gasteiger partial charge in [-0.15, -0.1) is 0 Å². The van der Waals surface area contributed by atoms with Crippen LogP contribution in [0.3, 0.4) is 0 Å². The van der Waals surface area contributed by atoms with Crippen LogP contribution in [0.4, 0.5) is 10.1 Å². The molecule has 28 heavy (non-hydrogen) atoms. The topological polar surface area (TPSA) is 109 Å². The van der Waals surface area contributed by atoms with Gasteiger partial charge in [-0.3, -0.25) is 9.36 Å². The van der Waals surface area contributed by atoms with E-state index in [1.165, 1.54) is 11.7 Å². The highest BCUT2D eigenvalue weighted by Crippen LogP contribution is 2.43. The summed E-state index contributed by atoms with van der Waals surface area (Å²) in [7, 11) is 1.42. The maximum Gasteiger partial charge on any atom is 0.350 e. The summed E-state index contributed by atoms with van der Waals surface area (Å²) < 4.78 is 22.8. The van der Waals surface area contributed by atoms with Crippen LogP contribution in [0, 0.1) is 11.7 Å². The van der Waals surface area contributed by atoms with Crippen molar-refractivity contribution in [2.45, 2.75) is 44.7 Å². The van der Waals surface area contributed by atoms with Gasteiger partial charge in [0.25, 0.3) is 5.56 Å². The van der Waals surface area contributed by atoms with E-state index < -0.39 is 22.6 Å². The molecule has 9 heteroatoms. The molecule has 1 atom stereocenters. The Morgan fingerprint density at radius 1 is 1.25 bits per heavy atom. The summed E-state index contributed by atoms with van der Waals surface area (Å²) >= 11 is 0. The number of benzene rings is 1. The standard InChI is InChI=1S/C19H26FN5O3/c1-19(2,21)10-6-7-23(9-10)15-13(20)8-12-14(16(15)28-3)24(11-4-5-11)18(27)25(22)17(12)26/h8,10-11H,4-7,9,21-22H2,1-3H3. The minimum atomic E-state index is -0.733. The van der Waals surface area contributed by atoms with E-state index >= 15 is 4.39 Å². The molecule has 1 aromatic heterocycles. The number of nitrogens with two attached hydrogens (primary N) is 2. The molecule has 4 N–H and O–H groups in total. The first-order chi connectivity index (χ1) is 13.1. The molecule has 0 bridgehead atoms. The number of nitrogen functional groups attached to an aromatic ring is 1. The molecule has 2 aromatic rings. The molecule has 8 nitrogen and oxygen atoms in total. The first-order valence-corrected chi connectivity index (χ1v) is 9.51. The first-order valence-electron chi connectivity index (χ1n) is 9.51. The van der Waals surface area contributed by atoms with Crippen molar-refractivity contribution in [1.29, 1.82) is 0 Å². The fourth-order valence-corrected chi connectivity index (χ4v) is 4.17. The number of hydrogen-bond acceptors (Lipinski definition) is 6. The second kappa shape index (κ2) is 6.23. The van der Waals surface area contributed by atoms with Crippen LogP contribution in [0.15, 0.2) is 15.7 Å². The van der Waals surface area contributed by atoms with Gasteiger partial charge in [0.05, 0.1) is 12.5 Å². The number of anilines is 1. The smallest absolute Gasteiger partial charge is 0.350 e. The Balaban J connectivity index is 1.98. The third kappa shape index (κ3) is 2.76. The Kier molecular flexibility index (Phi) is 4.18. The average Bonchev–Trinajstić information content (AvgIpc) is 3.33. The molecule has 152 valence electrons. The summed E-state index contributed by atoms with van der Waals surface area (Å²) in [4.78, 5) is 27.1. The highest BCUT2D eigenvalue weighted by molar-refractivity contribution is 5.91. The van der Waals surface area contributed by atoms with E-state index in [1.54, 1.807) is 0 Å². The minimum absolute atomic E-state index is 0.0435. The van der Waals surface area contributed by atoms with E-state index in [4.69, 9.17) is 16.3 Å². The Labute approximate surface area is 161 Å². The van der Waals surface area contributed by atoms with Crippen molar-refractivity contribution in [2.24, 2.45) is 11.7 Å². The van der Waals surface area contributed by atoms with Gasteiger partial charge < -0.3 is 21.2 Å².